The van der Waals surface area contributed by atoms with E-state index in [1.165, 1.54) is 11.3 Å². The standard InChI is InChI=1S/C7H5BrNO3S/c8-5-2-13-1-4(5)6-7(10)9(11)3-12-6/h1-2,6H,3H2/q-1. The number of hydrogen-bond acceptors (Lipinski definition) is 4. The van der Waals surface area contributed by atoms with Crippen molar-refractivity contribution in [2.45, 2.75) is 6.10 Å². The zero-order valence-corrected chi connectivity index (χ0v) is 8.80. The number of nitrogens with zero attached hydrogens (tertiary/aromatic N) is 1. The number of hydrogen-bond donors (Lipinski definition) is 0. The number of rotatable bonds is 1. The summed E-state index contributed by atoms with van der Waals surface area (Å²) in [6.07, 6.45) is -0.724. The summed E-state index contributed by atoms with van der Waals surface area (Å²) in [5.41, 5.74) is 0.730. The molecule has 1 fully saturated rings. The van der Waals surface area contributed by atoms with E-state index in [9.17, 15) is 10.0 Å². The third-order valence-electron chi connectivity index (χ3n) is 1.75. The first-order chi connectivity index (χ1) is 6.20. The SMILES string of the molecule is O=C1C(c2cscc2Br)OCN1[O-]. The smallest absolute Gasteiger partial charge is 0.247 e. The van der Waals surface area contributed by atoms with Gasteiger partial charge in [-0.05, 0) is 21.3 Å². The number of carbonyl (C=O) groups is 1. The molecule has 6 heteroatoms. The summed E-state index contributed by atoms with van der Waals surface area (Å²) in [6, 6.07) is 0. The summed E-state index contributed by atoms with van der Waals surface area (Å²) < 4.78 is 5.85. The molecule has 2 rings (SSSR count). The van der Waals surface area contributed by atoms with Crippen LogP contribution in [0.15, 0.2) is 15.2 Å². The Kier molecular flexibility index (Phi) is 2.37. The fourth-order valence-corrected chi connectivity index (χ4v) is 2.63. The maximum Gasteiger partial charge on any atom is 0.247 e. The maximum atomic E-state index is 11.2. The largest absolute Gasteiger partial charge is 0.755 e. The molecular weight excluding hydrogens is 258 g/mol. The number of halogens is 1. The van der Waals surface area contributed by atoms with Gasteiger partial charge in [0.2, 0.25) is 5.91 Å². The second-order valence-corrected chi connectivity index (χ2v) is 4.17. The molecule has 1 amide bonds. The molecule has 0 radical (unpaired) electrons. The van der Waals surface area contributed by atoms with Crippen LogP contribution < -0.4 is 0 Å². The van der Waals surface area contributed by atoms with Crippen molar-refractivity contribution < 1.29 is 9.53 Å². The molecule has 0 N–H and O–H groups in total. The summed E-state index contributed by atoms with van der Waals surface area (Å²) in [7, 11) is 0. The average molecular weight is 263 g/mol. The molecule has 1 aromatic rings. The normalized spacial score (nSPS) is 22.8. The van der Waals surface area contributed by atoms with Crippen molar-refractivity contribution in [1.29, 1.82) is 0 Å². The summed E-state index contributed by atoms with van der Waals surface area (Å²) >= 11 is 4.74. The lowest BCUT2D eigenvalue weighted by Crippen LogP contribution is -2.19. The van der Waals surface area contributed by atoms with E-state index in [0.717, 1.165) is 10.0 Å². The highest BCUT2D eigenvalue weighted by Gasteiger charge is 2.30. The summed E-state index contributed by atoms with van der Waals surface area (Å²) in [6.45, 7) is -0.175. The first-order valence-corrected chi connectivity index (χ1v) is 5.25. The fraction of sp³-hybridized carbons (Fsp3) is 0.286. The van der Waals surface area contributed by atoms with Crippen LogP contribution in [0.5, 0.6) is 0 Å². The first kappa shape index (κ1) is 9.14. The van der Waals surface area contributed by atoms with Crippen LogP contribution in [0.1, 0.15) is 11.7 Å². The highest BCUT2D eigenvalue weighted by molar-refractivity contribution is 9.10. The van der Waals surface area contributed by atoms with Crippen molar-refractivity contribution in [3.63, 3.8) is 0 Å². The third kappa shape index (κ3) is 1.50. The summed E-state index contributed by atoms with van der Waals surface area (Å²) in [5, 5.41) is 14.8. The molecule has 1 aliphatic heterocycles. The minimum atomic E-state index is -0.724. The van der Waals surface area contributed by atoms with Gasteiger partial charge in [-0.2, -0.15) is 11.3 Å². The Morgan fingerprint density at radius 1 is 1.69 bits per heavy atom. The van der Waals surface area contributed by atoms with E-state index in [1.54, 1.807) is 5.38 Å². The summed E-state index contributed by atoms with van der Waals surface area (Å²) in [4.78, 5) is 11.2. The lowest BCUT2D eigenvalue weighted by atomic mass is 10.2. The number of hydroxylamine groups is 2. The second kappa shape index (κ2) is 3.38. The predicted molar refractivity (Wildman–Crippen MR) is 50.9 cm³/mol. The minimum Gasteiger partial charge on any atom is -0.755 e. The fourth-order valence-electron chi connectivity index (χ4n) is 1.11. The Morgan fingerprint density at radius 3 is 2.92 bits per heavy atom. The minimum absolute atomic E-state index is 0.175. The van der Waals surface area contributed by atoms with Crippen molar-refractivity contribution in [1.82, 2.24) is 5.06 Å². The molecule has 0 bridgehead atoms. The van der Waals surface area contributed by atoms with Crippen LogP contribution in [0.4, 0.5) is 0 Å². The predicted octanol–water partition coefficient (Wildman–Crippen LogP) is 1.87. The van der Waals surface area contributed by atoms with E-state index in [0.29, 0.717) is 5.06 Å². The van der Waals surface area contributed by atoms with Gasteiger partial charge in [0.05, 0.1) is 0 Å². The quantitative estimate of drug-likeness (QED) is 0.777. The molecule has 1 atom stereocenters. The Labute approximate surface area is 86.8 Å². The molecule has 70 valence electrons. The van der Waals surface area contributed by atoms with Gasteiger partial charge >= 0.3 is 0 Å². The van der Waals surface area contributed by atoms with E-state index < -0.39 is 12.0 Å². The molecule has 4 nitrogen and oxygen atoms in total. The molecule has 13 heavy (non-hydrogen) atoms. The Morgan fingerprint density at radius 2 is 2.46 bits per heavy atom. The molecule has 1 unspecified atom stereocenters. The van der Waals surface area contributed by atoms with Crippen LogP contribution in [0.25, 0.3) is 0 Å². The van der Waals surface area contributed by atoms with Crippen molar-refractivity contribution in [2.24, 2.45) is 0 Å². The van der Waals surface area contributed by atoms with Crippen LogP contribution in [0.3, 0.4) is 0 Å². The number of amides is 1. The van der Waals surface area contributed by atoms with E-state index in [2.05, 4.69) is 15.9 Å². The van der Waals surface area contributed by atoms with Gasteiger partial charge in [-0.25, -0.2) is 0 Å². The van der Waals surface area contributed by atoms with Crippen LogP contribution >= 0.6 is 27.3 Å². The Hall–Kier alpha value is -0.430. The van der Waals surface area contributed by atoms with Gasteiger partial charge in [0.15, 0.2) is 6.10 Å². The van der Waals surface area contributed by atoms with Crippen molar-refractivity contribution >= 4 is 33.2 Å². The van der Waals surface area contributed by atoms with Crippen LogP contribution in [-0.2, 0) is 9.53 Å². The topological polar surface area (TPSA) is 52.6 Å². The maximum absolute atomic E-state index is 11.2. The Balaban J connectivity index is 2.28. The molecule has 0 saturated carbocycles. The average Bonchev–Trinajstić information content (AvgIpc) is 2.62. The molecule has 0 aromatic carbocycles. The first-order valence-electron chi connectivity index (χ1n) is 3.52. The second-order valence-electron chi connectivity index (χ2n) is 2.57. The van der Waals surface area contributed by atoms with Gasteiger partial charge in [0.1, 0.15) is 6.73 Å². The highest BCUT2D eigenvalue weighted by Crippen LogP contribution is 2.33. The van der Waals surface area contributed by atoms with Gasteiger partial charge in [-0.15, -0.1) is 0 Å². The van der Waals surface area contributed by atoms with Crippen molar-refractivity contribution in [2.75, 3.05) is 6.73 Å². The van der Waals surface area contributed by atoms with E-state index in [-0.39, 0.29) is 6.73 Å². The van der Waals surface area contributed by atoms with Crippen molar-refractivity contribution in [3.8, 4) is 0 Å². The molecule has 0 aliphatic carbocycles. The van der Waals surface area contributed by atoms with Crippen LogP contribution in [0, 0.1) is 5.21 Å². The lowest BCUT2D eigenvalue weighted by Gasteiger charge is -2.18. The molecule has 1 saturated heterocycles. The monoisotopic (exact) mass is 262 g/mol. The lowest BCUT2D eigenvalue weighted by molar-refractivity contribution is -0.128. The van der Waals surface area contributed by atoms with E-state index in [1.807, 2.05) is 5.38 Å². The van der Waals surface area contributed by atoms with Gasteiger partial charge < -0.3 is 15.0 Å². The van der Waals surface area contributed by atoms with Gasteiger partial charge in [-0.1, -0.05) is 0 Å². The van der Waals surface area contributed by atoms with Crippen LogP contribution in [0.2, 0.25) is 0 Å². The van der Waals surface area contributed by atoms with Gasteiger partial charge in [-0.3, -0.25) is 4.79 Å². The van der Waals surface area contributed by atoms with Crippen molar-refractivity contribution in [3.05, 3.63) is 26.0 Å². The molecular formula is C7H5BrNO3S-. The van der Waals surface area contributed by atoms with Gasteiger partial charge in [0.25, 0.3) is 0 Å². The zero-order chi connectivity index (χ0) is 9.42. The number of carbonyl (C=O) groups excluding carboxylic acids is 1. The Bertz CT molecular complexity index is 340. The molecule has 1 aromatic heterocycles. The molecule has 1 aliphatic rings. The molecule has 2 heterocycles. The van der Waals surface area contributed by atoms with Crippen LogP contribution in [-0.4, -0.2) is 17.7 Å². The van der Waals surface area contributed by atoms with E-state index in [4.69, 9.17) is 4.74 Å². The number of ether oxygens (including phenoxy) is 1. The third-order valence-corrected chi connectivity index (χ3v) is 3.50. The van der Waals surface area contributed by atoms with Gasteiger partial charge in [0, 0.05) is 15.4 Å². The zero-order valence-electron chi connectivity index (χ0n) is 6.40. The summed E-state index contributed by atoms with van der Waals surface area (Å²) in [5.74, 6) is -0.529. The highest BCUT2D eigenvalue weighted by atomic mass is 79.9. The molecule has 0 spiro atoms. The van der Waals surface area contributed by atoms with E-state index >= 15 is 0 Å². The number of thiophene rings is 1.